The Kier molecular flexibility index (Phi) is 3.12. The molecule has 3 heterocycles. The van der Waals surface area contributed by atoms with Gasteiger partial charge in [-0.1, -0.05) is 0 Å². The maximum Gasteiger partial charge on any atom is 0.0910 e. The molecule has 0 saturated carbocycles. The van der Waals surface area contributed by atoms with Crippen LogP contribution in [0.25, 0.3) is 18.8 Å². The first-order chi connectivity index (χ1) is 7.09. The summed E-state index contributed by atoms with van der Waals surface area (Å²) >= 11 is 19.8. The lowest BCUT2D eigenvalue weighted by molar-refractivity contribution is 1.91. The van der Waals surface area contributed by atoms with E-state index in [0.29, 0.717) is 0 Å². The first kappa shape index (κ1) is 11.6. The predicted molar refractivity (Wildman–Crippen MR) is 85.9 cm³/mol. The Hall–Kier alpha value is 1.54. The number of thiophene rings is 3. The maximum atomic E-state index is 3.63. The van der Waals surface area contributed by atoms with E-state index >= 15 is 0 Å². The van der Waals surface area contributed by atoms with E-state index in [0.717, 1.165) is 0 Å². The summed E-state index contributed by atoms with van der Waals surface area (Å²) in [7, 11) is 0. The van der Waals surface area contributed by atoms with Crippen molar-refractivity contribution in [3.8, 4) is 0 Å². The Morgan fingerprint density at radius 2 is 1.00 bits per heavy atom. The van der Waals surface area contributed by atoms with Crippen LogP contribution in [-0.4, -0.2) is 0 Å². The fourth-order valence-corrected chi connectivity index (χ4v) is 8.79. The van der Waals surface area contributed by atoms with Crippen LogP contribution in [0.3, 0.4) is 0 Å². The summed E-state index contributed by atoms with van der Waals surface area (Å²) in [6.07, 6.45) is 0. The van der Waals surface area contributed by atoms with Gasteiger partial charge in [-0.25, -0.2) is 0 Å². The minimum absolute atomic E-state index is 1.17. The summed E-state index contributed by atoms with van der Waals surface area (Å²) in [5.41, 5.74) is 0. The van der Waals surface area contributed by atoms with Crippen LogP contribution in [0.4, 0.5) is 0 Å². The first-order valence-electron chi connectivity index (χ1n) is 3.73. The molecule has 0 aliphatic rings. The third kappa shape index (κ3) is 1.65. The molecule has 0 aliphatic carbocycles. The monoisotopic (exact) mass is 508 g/mol. The highest BCUT2D eigenvalue weighted by Crippen LogP contribution is 2.53. The molecule has 0 amide bonds. The van der Waals surface area contributed by atoms with Crippen molar-refractivity contribution in [3.63, 3.8) is 0 Å². The Morgan fingerprint density at radius 3 is 1.40 bits per heavy atom. The standard InChI is InChI=1S/C8Br4S3/c9-3-1-2-4(10)6(12)14-8(2)15-7(1)13-5(3)11. The Morgan fingerprint density at radius 1 is 0.600 bits per heavy atom. The van der Waals surface area contributed by atoms with E-state index in [9.17, 15) is 0 Å². The molecule has 3 aromatic heterocycles. The van der Waals surface area contributed by atoms with Crippen molar-refractivity contribution in [2.75, 3.05) is 0 Å². The van der Waals surface area contributed by atoms with Gasteiger partial charge in [0.25, 0.3) is 0 Å². The van der Waals surface area contributed by atoms with Crippen molar-refractivity contribution in [2.24, 2.45) is 0 Å². The van der Waals surface area contributed by atoms with Crippen LogP contribution in [0, 0.1) is 0 Å². The highest BCUT2D eigenvalue weighted by atomic mass is 79.9. The summed E-state index contributed by atoms with van der Waals surface area (Å²) in [5, 5.41) is 2.64. The molecule has 0 bridgehead atoms. The van der Waals surface area contributed by atoms with Gasteiger partial charge >= 0.3 is 0 Å². The molecule has 15 heavy (non-hydrogen) atoms. The van der Waals surface area contributed by atoms with Crippen molar-refractivity contribution in [2.45, 2.75) is 0 Å². The normalized spacial score (nSPS) is 12.0. The Balaban J connectivity index is 2.62. The quantitative estimate of drug-likeness (QED) is 0.299. The summed E-state index contributed by atoms with van der Waals surface area (Å²) in [6.45, 7) is 0. The van der Waals surface area contributed by atoms with Gasteiger partial charge in [-0.3, -0.25) is 0 Å². The van der Waals surface area contributed by atoms with Gasteiger partial charge in [0.15, 0.2) is 0 Å². The molecule has 0 N–H and O–H groups in total. The summed E-state index contributed by atoms with van der Waals surface area (Å²) in [6, 6.07) is 0. The minimum atomic E-state index is 1.17. The second-order valence-corrected chi connectivity index (χ2v) is 10.6. The van der Waals surface area contributed by atoms with Gasteiger partial charge in [0.2, 0.25) is 0 Å². The Labute approximate surface area is 131 Å². The molecule has 3 rings (SSSR count). The van der Waals surface area contributed by atoms with Crippen LogP contribution in [0.5, 0.6) is 0 Å². The fraction of sp³-hybridized carbons (Fsp3) is 0. The zero-order valence-corrected chi connectivity index (χ0v) is 15.5. The van der Waals surface area contributed by atoms with E-state index in [2.05, 4.69) is 63.7 Å². The largest absolute Gasteiger partial charge is 0.116 e. The van der Waals surface area contributed by atoms with Gasteiger partial charge in [-0.2, -0.15) is 0 Å². The zero-order chi connectivity index (χ0) is 10.7. The molecule has 0 aliphatic heterocycles. The van der Waals surface area contributed by atoms with E-state index in [1.807, 2.05) is 11.3 Å². The molecule has 78 valence electrons. The lowest BCUT2D eigenvalue weighted by Crippen LogP contribution is -1.60. The van der Waals surface area contributed by atoms with Gasteiger partial charge in [0.05, 0.1) is 24.5 Å². The molecule has 0 saturated heterocycles. The zero-order valence-electron chi connectivity index (χ0n) is 6.74. The molecule has 0 nitrogen and oxygen atoms in total. The first-order valence-corrected chi connectivity index (χ1v) is 9.35. The summed E-state index contributed by atoms with van der Waals surface area (Å²) < 4.78 is 7.39. The summed E-state index contributed by atoms with van der Waals surface area (Å²) in [5.74, 6) is 0. The molecule has 0 aromatic carbocycles. The van der Waals surface area contributed by atoms with Gasteiger partial charge < -0.3 is 0 Å². The van der Waals surface area contributed by atoms with Crippen molar-refractivity contribution in [3.05, 3.63) is 16.5 Å². The van der Waals surface area contributed by atoms with Crippen LogP contribution in [0.2, 0.25) is 0 Å². The maximum absolute atomic E-state index is 3.63. The molecular formula is C8Br4S3. The van der Waals surface area contributed by atoms with Crippen LogP contribution in [-0.2, 0) is 0 Å². The molecule has 7 heteroatoms. The van der Waals surface area contributed by atoms with Crippen molar-refractivity contribution < 1.29 is 0 Å². The van der Waals surface area contributed by atoms with Crippen LogP contribution in [0.15, 0.2) is 16.5 Å². The number of hydrogen-bond donors (Lipinski definition) is 0. The second-order valence-electron chi connectivity index (χ2n) is 2.81. The molecule has 3 aromatic rings. The van der Waals surface area contributed by atoms with Crippen molar-refractivity contribution in [1.29, 1.82) is 0 Å². The average molecular weight is 512 g/mol. The number of halogens is 4. The van der Waals surface area contributed by atoms with Crippen molar-refractivity contribution >= 4 is 117 Å². The second kappa shape index (κ2) is 4.03. The van der Waals surface area contributed by atoms with Crippen LogP contribution in [0.1, 0.15) is 0 Å². The molecule has 0 radical (unpaired) electrons. The van der Waals surface area contributed by atoms with E-state index in [-0.39, 0.29) is 0 Å². The van der Waals surface area contributed by atoms with Gasteiger partial charge in [0.1, 0.15) is 0 Å². The topological polar surface area (TPSA) is 0 Å². The van der Waals surface area contributed by atoms with Gasteiger partial charge in [-0.15, -0.1) is 34.0 Å². The van der Waals surface area contributed by atoms with Crippen LogP contribution >= 0.6 is 97.7 Å². The third-order valence-electron chi connectivity index (χ3n) is 1.99. The average Bonchev–Trinajstić information content (AvgIpc) is 2.72. The molecule has 0 fully saturated rings. The number of fused-ring (bicyclic) bond motifs is 3. The van der Waals surface area contributed by atoms with Gasteiger partial charge in [-0.05, 0) is 63.7 Å². The fourth-order valence-electron chi connectivity index (χ4n) is 1.38. The smallest absolute Gasteiger partial charge is 0.0910 e. The lowest BCUT2D eigenvalue weighted by Gasteiger charge is -1.87. The highest BCUT2D eigenvalue weighted by molar-refractivity contribution is 9.14. The van der Waals surface area contributed by atoms with E-state index in [1.165, 1.54) is 35.3 Å². The Bertz CT molecular complexity index is 618. The number of rotatable bonds is 0. The van der Waals surface area contributed by atoms with Gasteiger partial charge in [0, 0.05) is 10.8 Å². The molecular weight excluding hydrogens is 512 g/mol. The molecule has 0 atom stereocenters. The highest BCUT2D eigenvalue weighted by Gasteiger charge is 2.19. The predicted octanol–water partition coefficient (Wildman–Crippen LogP) is 7.23. The molecule has 0 spiro atoms. The van der Waals surface area contributed by atoms with Crippen molar-refractivity contribution in [1.82, 2.24) is 0 Å². The third-order valence-corrected chi connectivity index (χ3v) is 10.3. The van der Waals surface area contributed by atoms with Crippen LogP contribution < -0.4 is 0 Å². The SMILES string of the molecule is Brc1sc2sc3sc(Br)c(Br)c3c2c1Br. The number of hydrogen-bond acceptors (Lipinski definition) is 3. The van der Waals surface area contributed by atoms with E-state index in [1.54, 1.807) is 22.7 Å². The van der Waals surface area contributed by atoms with E-state index in [4.69, 9.17) is 0 Å². The lowest BCUT2D eigenvalue weighted by atomic mass is 10.3. The molecule has 0 unspecified atom stereocenters. The summed E-state index contributed by atoms with van der Waals surface area (Å²) in [4.78, 5) is 0. The van der Waals surface area contributed by atoms with E-state index < -0.39 is 0 Å². The minimum Gasteiger partial charge on any atom is -0.116 e.